The number of ether oxygens (including phenoxy) is 1. The van der Waals surface area contributed by atoms with Crippen molar-refractivity contribution in [2.75, 3.05) is 27.2 Å². The Hall–Kier alpha value is -1.87. The molecule has 1 heterocycles. The summed E-state index contributed by atoms with van der Waals surface area (Å²) < 4.78 is 4.67. The Balaban J connectivity index is 2.01. The topological polar surface area (TPSA) is 29.5 Å². The number of hydrogen-bond donors (Lipinski definition) is 0. The smallest absolute Gasteiger partial charge is 0.337 e. The number of likely N-dealkylation sites (N-methyl/N-ethyl adjacent to an activating group) is 1. The van der Waals surface area contributed by atoms with Crippen molar-refractivity contribution >= 4 is 12.0 Å². The maximum Gasteiger partial charge on any atom is 0.337 e. The Labute approximate surface area is 114 Å². The normalized spacial score (nSPS) is 16.4. The molecule has 0 radical (unpaired) electrons. The van der Waals surface area contributed by atoms with Crippen molar-refractivity contribution in [3.63, 3.8) is 0 Å². The van der Waals surface area contributed by atoms with Gasteiger partial charge in [0.1, 0.15) is 0 Å². The number of carbonyl (C=O) groups excluding carboxylic acids is 1. The summed E-state index contributed by atoms with van der Waals surface area (Å²) in [6.07, 6.45) is 7.58. The molecule has 0 amide bonds. The molecule has 0 spiro atoms. The van der Waals surface area contributed by atoms with E-state index in [0.717, 1.165) is 25.1 Å². The molecule has 3 nitrogen and oxygen atoms in total. The molecule has 0 unspecified atom stereocenters. The molecule has 1 aliphatic rings. The fraction of sp³-hybridized carbons (Fsp3) is 0.312. The lowest BCUT2D eigenvalue weighted by atomic mass is 10.1. The summed E-state index contributed by atoms with van der Waals surface area (Å²) in [5.41, 5.74) is 3.04. The van der Waals surface area contributed by atoms with Gasteiger partial charge in [-0.1, -0.05) is 30.4 Å². The summed E-state index contributed by atoms with van der Waals surface area (Å²) in [5, 5.41) is 0. The van der Waals surface area contributed by atoms with E-state index in [1.54, 1.807) is 12.1 Å². The van der Waals surface area contributed by atoms with Gasteiger partial charge >= 0.3 is 5.97 Å². The number of methoxy groups -OCH3 is 1. The first-order valence-corrected chi connectivity index (χ1v) is 6.43. The molecule has 100 valence electrons. The Kier molecular flexibility index (Phi) is 4.53. The van der Waals surface area contributed by atoms with E-state index in [0.29, 0.717) is 5.56 Å². The first kappa shape index (κ1) is 13.6. The molecule has 1 aromatic rings. The van der Waals surface area contributed by atoms with E-state index < -0.39 is 0 Å². The van der Waals surface area contributed by atoms with Gasteiger partial charge in [-0.05, 0) is 36.7 Å². The van der Waals surface area contributed by atoms with E-state index in [4.69, 9.17) is 0 Å². The van der Waals surface area contributed by atoms with E-state index >= 15 is 0 Å². The highest BCUT2D eigenvalue weighted by molar-refractivity contribution is 5.89. The van der Waals surface area contributed by atoms with Gasteiger partial charge in [-0.15, -0.1) is 0 Å². The quantitative estimate of drug-likeness (QED) is 0.780. The van der Waals surface area contributed by atoms with E-state index in [1.807, 2.05) is 12.1 Å². The van der Waals surface area contributed by atoms with E-state index in [1.165, 1.54) is 12.7 Å². The lowest BCUT2D eigenvalue weighted by molar-refractivity contribution is 0.0601. The summed E-state index contributed by atoms with van der Waals surface area (Å²) in [6.45, 7) is 2.12. The van der Waals surface area contributed by atoms with Crippen LogP contribution < -0.4 is 0 Å². The number of benzene rings is 1. The van der Waals surface area contributed by atoms with Gasteiger partial charge in [0.05, 0.1) is 12.7 Å². The van der Waals surface area contributed by atoms with Crippen LogP contribution in [0.25, 0.3) is 6.08 Å². The van der Waals surface area contributed by atoms with Gasteiger partial charge in [0.2, 0.25) is 0 Å². The highest BCUT2D eigenvalue weighted by Crippen LogP contribution is 2.13. The average molecular weight is 257 g/mol. The van der Waals surface area contributed by atoms with Gasteiger partial charge in [0.25, 0.3) is 0 Å². The number of hydrogen-bond acceptors (Lipinski definition) is 3. The number of allylic oxidation sites excluding steroid dienone is 1. The first-order valence-electron chi connectivity index (χ1n) is 6.43. The molecule has 2 rings (SSSR count). The van der Waals surface area contributed by atoms with Crippen LogP contribution in [0, 0.1) is 0 Å². The van der Waals surface area contributed by atoms with Gasteiger partial charge in [-0.2, -0.15) is 0 Å². The molecular weight excluding hydrogens is 238 g/mol. The zero-order chi connectivity index (χ0) is 13.7. The van der Waals surface area contributed by atoms with Crippen molar-refractivity contribution in [1.29, 1.82) is 0 Å². The molecule has 0 bridgehead atoms. The monoisotopic (exact) mass is 257 g/mol. The predicted octanol–water partition coefficient (Wildman–Crippen LogP) is 2.75. The molecular formula is C16H19NO2. The van der Waals surface area contributed by atoms with Crippen LogP contribution in [-0.4, -0.2) is 38.1 Å². The second kappa shape index (κ2) is 6.34. The SMILES string of the molecule is COC(=O)c1ccc(/C=C/C2=CCN(C)CC2)cc1. The fourth-order valence-corrected chi connectivity index (χ4v) is 1.99. The molecule has 0 saturated carbocycles. The maximum absolute atomic E-state index is 11.3. The van der Waals surface area contributed by atoms with Crippen LogP contribution >= 0.6 is 0 Å². The minimum atomic E-state index is -0.298. The average Bonchev–Trinajstić information content (AvgIpc) is 2.46. The predicted molar refractivity (Wildman–Crippen MR) is 77.0 cm³/mol. The van der Waals surface area contributed by atoms with Crippen molar-refractivity contribution in [2.45, 2.75) is 6.42 Å². The van der Waals surface area contributed by atoms with Crippen molar-refractivity contribution in [2.24, 2.45) is 0 Å². The number of rotatable bonds is 3. The summed E-state index contributed by atoms with van der Waals surface area (Å²) in [5.74, 6) is -0.298. The van der Waals surface area contributed by atoms with Crippen LogP contribution in [0.2, 0.25) is 0 Å². The van der Waals surface area contributed by atoms with E-state index in [2.05, 4.69) is 34.9 Å². The van der Waals surface area contributed by atoms with Crippen LogP contribution in [-0.2, 0) is 4.74 Å². The number of carbonyl (C=O) groups is 1. The minimum absolute atomic E-state index is 0.298. The van der Waals surface area contributed by atoms with E-state index in [9.17, 15) is 4.79 Å². The van der Waals surface area contributed by atoms with Crippen LogP contribution in [0.5, 0.6) is 0 Å². The van der Waals surface area contributed by atoms with Crippen molar-refractivity contribution < 1.29 is 9.53 Å². The van der Waals surface area contributed by atoms with Gasteiger partial charge in [-0.3, -0.25) is 0 Å². The Morgan fingerprint density at radius 2 is 2.00 bits per heavy atom. The molecule has 0 aliphatic carbocycles. The molecule has 19 heavy (non-hydrogen) atoms. The van der Waals surface area contributed by atoms with Gasteiger partial charge in [0, 0.05) is 13.1 Å². The van der Waals surface area contributed by atoms with Crippen LogP contribution in [0.1, 0.15) is 22.3 Å². The summed E-state index contributed by atoms with van der Waals surface area (Å²) >= 11 is 0. The largest absolute Gasteiger partial charge is 0.465 e. The Bertz CT molecular complexity index is 500. The zero-order valence-corrected chi connectivity index (χ0v) is 11.4. The minimum Gasteiger partial charge on any atom is -0.465 e. The van der Waals surface area contributed by atoms with Gasteiger partial charge in [-0.25, -0.2) is 4.79 Å². The molecule has 0 N–H and O–H groups in total. The third-order valence-electron chi connectivity index (χ3n) is 3.27. The lowest BCUT2D eigenvalue weighted by Crippen LogP contribution is -2.23. The summed E-state index contributed by atoms with van der Waals surface area (Å²) in [6, 6.07) is 7.43. The molecule has 1 aliphatic heterocycles. The molecule has 0 atom stereocenters. The molecule has 0 saturated heterocycles. The molecule has 3 heteroatoms. The third kappa shape index (κ3) is 3.80. The number of nitrogens with zero attached hydrogens (tertiary/aromatic N) is 1. The third-order valence-corrected chi connectivity index (χ3v) is 3.27. The van der Waals surface area contributed by atoms with Crippen LogP contribution in [0.15, 0.2) is 42.0 Å². The van der Waals surface area contributed by atoms with E-state index in [-0.39, 0.29) is 5.97 Å². The Morgan fingerprint density at radius 3 is 2.58 bits per heavy atom. The first-order chi connectivity index (χ1) is 9.19. The fourth-order valence-electron chi connectivity index (χ4n) is 1.99. The van der Waals surface area contributed by atoms with Crippen molar-refractivity contribution in [3.05, 3.63) is 53.1 Å². The van der Waals surface area contributed by atoms with Crippen LogP contribution in [0.4, 0.5) is 0 Å². The second-order valence-corrected chi connectivity index (χ2v) is 4.74. The molecule has 1 aromatic carbocycles. The summed E-state index contributed by atoms with van der Waals surface area (Å²) in [4.78, 5) is 13.6. The molecule has 0 aromatic heterocycles. The number of esters is 1. The Morgan fingerprint density at radius 1 is 1.26 bits per heavy atom. The van der Waals surface area contributed by atoms with Crippen LogP contribution in [0.3, 0.4) is 0 Å². The van der Waals surface area contributed by atoms with Crippen molar-refractivity contribution in [1.82, 2.24) is 4.90 Å². The highest BCUT2D eigenvalue weighted by Gasteiger charge is 2.05. The summed E-state index contributed by atoms with van der Waals surface area (Å²) in [7, 11) is 3.52. The molecule has 0 fully saturated rings. The second-order valence-electron chi connectivity index (χ2n) is 4.74. The van der Waals surface area contributed by atoms with Crippen molar-refractivity contribution in [3.8, 4) is 0 Å². The van der Waals surface area contributed by atoms with Gasteiger partial charge < -0.3 is 9.64 Å². The zero-order valence-electron chi connectivity index (χ0n) is 11.4. The lowest BCUT2D eigenvalue weighted by Gasteiger charge is -2.20. The highest BCUT2D eigenvalue weighted by atomic mass is 16.5. The van der Waals surface area contributed by atoms with Gasteiger partial charge in [0.15, 0.2) is 0 Å². The standard InChI is InChI=1S/C16H19NO2/c1-17-11-9-14(10-12-17)4-3-13-5-7-15(8-6-13)16(18)19-2/h3-9H,10-12H2,1-2H3/b4-3+. The maximum atomic E-state index is 11.3.